The minimum atomic E-state index is -2.95. The van der Waals surface area contributed by atoms with Crippen LogP contribution in [0.1, 0.15) is 0 Å². The normalized spacial score (nSPS) is 11.8. The summed E-state index contributed by atoms with van der Waals surface area (Å²) < 4.78 is 5.13. The lowest BCUT2D eigenvalue weighted by atomic mass is 9.99. The summed E-state index contributed by atoms with van der Waals surface area (Å²) in [5, 5.41) is 10.4. The molecule has 296 valence electrons. The molecule has 0 unspecified atom stereocenters. The number of hydrogen-bond acceptors (Lipinski definition) is 0. The van der Waals surface area contributed by atoms with Gasteiger partial charge in [0.2, 0.25) is 0 Å². The Morgan fingerprint density at radius 1 is 0.286 bits per heavy atom. The van der Waals surface area contributed by atoms with Crippen molar-refractivity contribution in [2.75, 3.05) is 0 Å². The van der Waals surface area contributed by atoms with Gasteiger partial charge >= 0.3 is 0 Å². The second kappa shape index (κ2) is 15.2. The van der Waals surface area contributed by atoms with Gasteiger partial charge in [-0.05, 0) is 56.1 Å². The number of aromatic nitrogens is 2. The van der Waals surface area contributed by atoms with Gasteiger partial charge in [-0.3, -0.25) is 0 Å². The van der Waals surface area contributed by atoms with Gasteiger partial charge < -0.3 is 9.13 Å². The van der Waals surface area contributed by atoms with Crippen molar-refractivity contribution in [3.05, 3.63) is 255 Å². The second-order valence-corrected chi connectivity index (χ2v) is 20.1. The van der Waals surface area contributed by atoms with Crippen LogP contribution in [0, 0.1) is 0 Å². The molecule has 0 radical (unpaired) electrons. The van der Waals surface area contributed by atoms with Crippen LogP contribution >= 0.6 is 0 Å². The fourth-order valence-electron chi connectivity index (χ4n) is 10.5. The van der Waals surface area contributed by atoms with Crippen LogP contribution in [0.3, 0.4) is 0 Å². The van der Waals surface area contributed by atoms with Gasteiger partial charge in [0, 0.05) is 32.7 Å². The molecule has 0 amide bonds. The Morgan fingerprint density at radius 2 is 0.746 bits per heavy atom. The van der Waals surface area contributed by atoms with E-state index in [4.69, 9.17) is 0 Å². The third-order valence-electron chi connectivity index (χ3n) is 13.1. The van der Waals surface area contributed by atoms with E-state index in [2.05, 4.69) is 264 Å². The minimum absolute atomic E-state index is 1.14. The summed E-state index contributed by atoms with van der Waals surface area (Å²) in [4.78, 5) is 0. The average Bonchev–Trinajstić information content (AvgIpc) is 3.89. The van der Waals surface area contributed by atoms with E-state index >= 15 is 0 Å². The molecule has 0 atom stereocenters. The van der Waals surface area contributed by atoms with Crippen molar-refractivity contribution in [1.82, 2.24) is 9.13 Å². The maximum absolute atomic E-state index is 2.95. The van der Waals surface area contributed by atoms with E-state index in [0.29, 0.717) is 0 Å². The van der Waals surface area contributed by atoms with Crippen LogP contribution in [0.25, 0.3) is 77.2 Å². The zero-order chi connectivity index (χ0) is 41.7. The van der Waals surface area contributed by atoms with E-state index < -0.39 is 8.07 Å². The Balaban J connectivity index is 1.29. The Kier molecular flexibility index (Phi) is 8.87. The zero-order valence-corrected chi connectivity index (χ0v) is 35.6. The molecule has 0 bridgehead atoms. The van der Waals surface area contributed by atoms with Gasteiger partial charge in [0.15, 0.2) is 8.07 Å². The van der Waals surface area contributed by atoms with E-state index in [-0.39, 0.29) is 0 Å². The monoisotopic (exact) mass is 818 g/mol. The average molecular weight is 819 g/mol. The quantitative estimate of drug-likeness (QED) is 0.107. The number of fused-ring (bicyclic) bond motifs is 6. The Hall–Kier alpha value is -7.98. The first-order valence-corrected chi connectivity index (χ1v) is 23.8. The van der Waals surface area contributed by atoms with Crippen molar-refractivity contribution in [1.29, 1.82) is 0 Å². The van der Waals surface area contributed by atoms with Crippen molar-refractivity contribution < 1.29 is 0 Å². The van der Waals surface area contributed by atoms with Crippen molar-refractivity contribution in [2.24, 2.45) is 0 Å². The van der Waals surface area contributed by atoms with Crippen LogP contribution in [0.5, 0.6) is 0 Å². The number of rotatable bonds is 8. The van der Waals surface area contributed by atoms with Crippen LogP contribution in [-0.2, 0) is 0 Å². The highest BCUT2D eigenvalue weighted by atomic mass is 28.3. The third-order valence-corrected chi connectivity index (χ3v) is 17.9. The summed E-state index contributed by atoms with van der Waals surface area (Å²) in [6.07, 6.45) is 0. The van der Waals surface area contributed by atoms with Crippen molar-refractivity contribution in [2.45, 2.75) is 0 Å². The SMILES string of the molecule is c1ccc(-c2ccccc2-n2c3ccccc3c3ccc(-c4ccccc4)c(-n4c5ccccc5c5c([Si](c6ccccc6)(c6ccccc6)c6ccccc6)cccc54)c32)cc1. The molecule has 0 saturated heterocycles. The lowest BCUT2D eigenvalue weighted by molar-refractivity contribution is 1.13. The largest absolute Gasteiger partial charge is 0.307 e. The molecule has 12 aromatic rings. The Morgan fingerprint density at radius 3 is 1.35 bits per heavy atom. The first kappa shape index (κ1) is 36.8. The summed E-state index contributed by atoms with van der Waals surface area (Å²) in [5.74, 6) is 0. The molecule has 63 heavy (non-hydrogen) atoms. The molecule has 0 aliphatic heterocycles. The lowest BCUT2D eigenvalue weighted by Crippen LogP contribution is -2.74. The van der Waals surface area contributed by atoms with Gasteiger partial charge in [-0.25, -0.2) is 0 Å². The molecule has 0 aliphatic carbocycles. The predicted octanol–water partition coefficient (Wildman–Crippen LogP) is 12.6. The Labute approximate surface area is 368 Å². The molecular formula is C60H42N2Si. The van der Waals surface area contributed by atoms with Crippen LogP contribution in [0.2, 0.25) is 0 Å². The fraction of sp³-hybridized carbons (Fsp3) is 0. The molecule has 2 aromatic heterocycles. The highest BCUT2D eigenvalue weighted by Gasteiger charge is 2.43. The van der Waals surface area contributed by atoms with E-state index in [1.54, 1.807) is 0 Å². The zero-order valence-electron chi connectivity index (χ0n) is 34.6. The number of nitrogens with zero attached hydrogens (tertiary/aromatic N) is 2. The molecule has 0 spiro atoms. The summed E-state index contributed by atoms with van der Waals surface area (Å²) in [7, 11) is -2.95. The van der Waals surface area contributed by atoms with Gasteiger partial charge in [0.1, 0.15) is 0 Å². The van der Waals surface area contributed by atoms with Gasteiger partial charge in [-0.2, -0.15) is 0 Å². The van der Waals surface area contributed by atoms with E-state index in [0.717, 1.165) is 11.4 Å². The fourth-order valence-corrected chi connectivity index (χ4v) is 15.5. The van der Waals surface area contributed by atoms with Crippen LogP contribution < -0.4 is 20.7 Å². The van der Waals surface area contributed by atoms with Crippen LogP contribution in [-0.4, -0.2) is 17.2 Å². The standard InChI is InChI=1S/C60H42N2Si/c1-6-23-43(24-7-1)48-33-16-19-36-53(48)61-54-37-20-17-34-50(54)51-42-41-49(44-25-8-2-9-26-44)59(60(51)61)62-55-38-21-18-35-52(55)58-56(62)39-22-40-57(58)63(45-27-10-3-11-28-45,46-29-12-4-13-30-46)47-31-14-5-15-32-47/h1-42H. The molecule has 12 rings (SSSR count). The van der Waals surface area contributed by atoms with E-state index in [9.17, 15) is 0 Å². The maximum atomic E-state index is 2.60. The van der Waals surface area contributed by atoms with Crippen molar-refractivity contribution in [3.8, 4) is 33.6 Å². The van der Waals surface area contributed by atoms with Crippen LogP contribution in [0.4, 0.5) is 0 Å². The van der Waals surface area contributed by atoms with Gasteiger partial charge in [-0.15, -0.1) is 0 Å². The molecule has 0 aliphatic rings. The number of para-hydroxylation sites is 3. The molecule has 2 heterocycles. The molecule has 2 nitrogen and oxygen atoms in total. The minimum Gasteiger partial charge on any atom is -0.307 e. The second-order valence-electron chi connectivity index (χ2n) is 16.4. The number of hydrogen-bond donors (Lipinski definition) is 0. The van der Waals surface area contributed by atoms with Gasteiger partial charge in [-0.1, -0.05) is 231 Å². The molecule has 0 fully saturated rings. The van der Waals surface area contributed by atoms with Gasteiger partial charge in [0.05, 0.1) is 33.4 Å². The summed E-state index contributed by atoms with van der Waals surface area (Å²) >= 11 is 0. The maximum Gasteiger partial charge on any atom is 0.180 e. The molecule has 3 heteroatoms. The van der Waals surface area contributed by atoms with E-state index in [1.807, 2.05) is 0 Å². The summed E-state index contributed by atoms with van der Waals surface area (Å²) in [5.41, 5.74) is 11.7. The lowest BCUT2D eigenvalue weighted by Gasteiger charge is -2.35. The molecular weight excluding hydrogens is 777 g/mol. The molecule has 0 saturated carbocycles. The topological polar surface area (TPSA) is 9.86 Å². The Bertz CT molecular complexity index is 3500. The molecule has 0 N–H and O–H groups in total. The van der Waals surface area contributed by atoms with Crippen molar-refractivity contribution in [3.63, 3.8) is 0 Å². The van der Waals surface area contributed by atoms with E-state index in [1.165, 1.54) is 86.6 Å². The first-order valence-electron chi connectivity index (χ1n) is 21.8. The highest BCUT2D eigenvalue weighted by molar-refractivity contribution is 7.20. The highest BCUT2D eigenvalue weighted by Crippen LogP contribution is 2.45. The first-order chi connectivity index (χ1) is 31.3. The smallest absolute Gasteiger partial charge is 0.180 e. The predicted molar refractivity (Wildman–Crippen MR) is 270 cm³/mol. The third kappa shape index (κ3) is 5.71. The van der Waals surface area contributed by atoms with Gasteiger partial charge in [0.25, 0.3) is 0 Å². The number of benzene rings is 10. The summed E-state index contributed by atoms with van der Waals surface area (Å²) in [6, 6.07) is 94.4. The van der Waals surface area contributed by atoms with Crippen molar-refractivity contribution >= 4 is 72.4 Å². The molecule has 10 aromatic carbocycles. The summed E-state index contributed by atoms with van der Waals surface area (Å²) in [6.45, 7) is 0. The van der Waals surface area contributed by atoms with Crippen LogP contribution in [0.15, 0.2) is 255 Å².